The molecule has 0 saturated heterocycles. The number of alkyl halides is 3. The van der Waals surface area contributed by atoms with Crippen LogP contribution in [0.15, 0.2) is 30.7 Å². The number of sulfone groups is 1. The number of amides is 1. The molecule has 0 aliphatic heterocycles. The minimum Gasteiger partial charge on any atom is -0.369 e. The van der Waals surface area contributed by atoms with Crippen LogP contribution in [0.25, 0.3) is 11.3 Å². The number of aromatic nitrogens is 3. The Labute approximate surface area is 141 Å². The van der Waals surface area contributed by atoms with Gasteiger partial charge in [0.05, 0.1) is 17.5 Å². The standard InChI is InChI=1S/C14H15F3N4O3S/c1-25(23,24)12(13(18)22)4-5-21-8-9(6-20-21)11-3-2-10(7-19-11)14(15,16)17/h2-3,6-8,12H,4-5H2,1H3,(H2,18,22). The predicted octanol–water partition coefficient (Wildman–Crippen LogP) is 1.25. The lowest BCUT2D eigenvalue weighted by Gasteiger charge is -2.10. The van der Waals surface area contributed by atoms with E-state index in [9.17, 15) is 26.4 Å². The van der Waals surface area contributed by atoms with Gasteiger partial charge >= 0.3 is 6.18 Å². The Morgan fingerprint density at radius 3 is 2.48 bits per heavy atom. The average molecular weight is 376 g/mol. The van der Waals surface area contributed by atoms with Gasteiger partial charge in [0.2, 0.25) is 5.91 Å². The number of carbonyl (C=O) groups is 1. The molecule has 1 unspecified atom stereocenters. The molecular weight excluding hydrogens is 361 g/mol. The summed E-state index contributed by atoms with van der Waals surface area (Å²) in [5.41, 5.74) is 4.97. The van der Waals surface area contributed by atoms with Crippen LogP contribution in [0.4, 0.5) is 13.2 Å². The van der Waals surface area contributed by atoms with Gasteiger partial charge in [-0.2, -0.15) is 18.3 Å². The summed E-state index contributed by atoms with van der Waals surface area (Å²) >= 11 is 0. The third kappa shape index (κ3) is 4.78. The van der Waals surface area contributed by atoms with Gasteiger partial charge < -0.3 is 5.73 Å². The van der Waals surface area contributed by atoms with Gasteiger partial charge in [-0.25, -0.2) is 8.42 Å². The molecule has 25 heavy (non-hydrogen) atoms. The number of nitrogens with two attached hydrogens (primary N) is 1. The first kappa shape index (κ1) is 18.9. The molecule has 136 valence electrons. The summed E-state index contributed by atoms with van der Waals surface area (Å²) in [6, 6.07) is 2.12. The molecule has 2 N–H and O–H groups in total. The Morgan fingerprint density at radius 2 is 2.00 bits per heavy atom. The third-order valence-corrected chi connectivity index (χ3v) is 4.98. The van der Waals surface area contributed by atoms with E-state index in [-0.39, 0.29) is 18.7 Å². The molecule has 0 aliphatic rings. The fourth-order valence-corrected chi connectivity index (χ4v) is 3.12. The second kappa shape index (κ2) is 6.82. The first-order valence-electron chi connectivity index (χ1n) is 7.03. The monoisotopic (exact) mass is 376 g/mol. The first-order chi connectivity index (χ1) is 11.5. The van der Waals surface area contributed by atoms with Gasteiger partial charge in [0.25, 0.3) is 0 Å². The third-order valence-electron chi connectivity index (χ3n) is 3.47. The Kier molecular flexibility index (Phi) is 5.16. The van der Waals surface area contributed by atoms with Crippen molar-refractivity contribution in [1.82, 2.24) is 14.8 Å². The van der Waals surface area contributed by atoms with Crippen molar-refractivity contribution in [3.8, 4) is 11.3 Å². The smallest absolute Gasteiger partial charge is 0.369 e. The highest BCUT2D eigenvalue weighted by atomic mass is 32.2. The number of primary amides is 1. The zero-order valence-corrected chi connectivity index (χ0v) is 13.9. The topological polar surface area (TPSA) is 108 Å². The maximum Gasteiger partial charge on any atom is 0.417 e. The first-order valence-corrected chi connectivity index (χ1v) is 8.98. The number of hydrogen-bond donors (Lipinski definition) is 1. The minimum atomic E-state index is -4.47. The summed E-state index contributed by atoms with van der Waals surface area (Å²) < 4.78 is 61.9. The van der Waals surface area contributed by atoms with Crippen molar-refractivity contribution in [2.45, 2.75) is 24.4 Å². The van der Waals surface area contributed by atoms with Gasteiger partial charge in [-0.15, -0.1) is 0 Å². The van der Waals surface area contributed by atoms with Crippen molar-refractivity contribution in [2.24, 2.45) is 5.73 Å². The quantitative estimate of drug-likeness (QED) is 0.816. The summed E-state index contributed by atoms with van der Waals surface area (Å²) in [5.74, 6) is -0.945. The van der Waals surface area contributed by atoms with Gasteiger partial charge in [-0.1, -0.05) is 0 Å². The van der Waals surface area contributed by atoms with E-state index in [0.29, 0.717) is 5.56 Å². The molecule has 0 aromatic carbocycles. The molecule has 0 saturated carbocycles. The maximum absolute atomic E-state index is 12.5. The molecule has 0 fully saturated rings. The van der Waals surface area contributed by atoms with Crippen LogP contribution >= 0.6 is 0 Å². The molecule has 11 heteroatoms. The lowest BCUT2D eigenvalue weighted by molar-refractivity contribution is -0.137. The van der Waals surface area contributed by atoms with Gasteiger partial charge in [0.15, 0.2) is 9.84 Å². The lowest BCUT2D eigenvalue weighted by Crippen LogP contribution is -2.36. The van der Waals surface area contributed by atoms with Crippen LogP contribution < -0.4 is 5.73 Å². The van der Waals surface area contributed by atoms with Crippen LogP contribution in [0.2, 0.25) is 0 Å². The molecule has 0 bridgehead atoms. The van der Waals surface area contributed by atoms with E-state index >= 15 is 0 Å². The molecule has 7 nitrogen and oxygen atoms in total. The summed E-state index contributed by atoms with van der Waals surface area (Å²) in [4.78, 5) is 15.0. The Balaban J connectivity index is 2.11. The number of hydrogen-bond acceptors (Lipinski definition) is 5. The second-order valence-electron chi connectivity index (χ2n) is 5.43. The zero-order chi connectivity index (χ0) is 18.8. The van der Waals surface area contributed by atoms with E-state index in [2.05, 4.69) is 10.1 Å². The number of aryl methyl sites for hydroxylation is 1. The van der Waals surface area contributed by atoms with E-state index in [0.717, 1.165) is 18.5 Å². The molecule has 0 spiro atoms. The van der Waals surface area contributed by atoms with Gasteiger partial charge in [-0.05, 0) is 18.6 Å². The van der Waals surface area contributed by atoms with E-state index in [1.54, 1.807) is 0 Å². The lowest BCUT2D eigenvalue weighted by atomic mass is 10.2. The molecule has 1 amide bonds. The number of rotatable bonds is 6. The van der Waals surface area contributed by atoms with Gasteiger partial charge in [0, 0.05) is 30.8 Å². The number of pyridine rings is 1. The van der Waals surface area contributed by atoms with Gasteiger partial charge in [-0.3, -0.25) is 14.5 Å². The number of halogens is 3. The van der Waals surface area contributed by atoms with E-state index in [1.165, 1.54) is 23.1 Å². The normalized spacial score (nSPS) is 13.6. The zero-order valence-electron chi connectivity index (χ0n) is 13.1. The highest BCUT2D eigenvalue weighted by Crippen LogP contribution is 2.29. The molecule has 0 radical (unpaired) electrons. The summed E-state index contributed by atoms with van der Waals surface area (Å²) in [5, 5.41) is 2.66. The molecule has 2 rings (SSSR count). The fraction of sp³-hybridized carbons (Fsp3) is 0.357. The van der Waals surface area contributed by atoms with Crippen LogP contribution in [0.3, 0.4) is 0 Å². The van der Waals surface area contributed by atoms with Crippen molar-refractivity contribution in [1.29, 1.82) is 0 Å². The summed E-state index contributed by atoms with van der Waals surface area (Å²) in [6.07, 6.45) is -0.00534. The molecule has 2 heterocycles. The summed E-state index contributed by atoms with van der Waals surface area (Å²) in [6.45, 7) is 0.0985. The Hall–Kier alpha value is -2.43. The van der Waals surface area contributed by atoms with Crippen molar-refractivity contribution in [3.63, 3.8) is 0 Å². The predicted molar refractivity (Wildman–Crippen MR) is 82.9 cm³/mol. The van der Waals surface area contributed by atoms with Crippen LogP contribution in [-0.2, 0) is 27.4 Å². The number of nitrogens with zero attached hydrogens (tertiary/aromatic N) is 3. The van der Waals surface area contributed by atoms with Gasteiger partial charge in [0.1, 0.15) is 5.25 Å². The van der Waals surface area contributed by atoms with E-state index in [1.807, 2.05) is 0 Å². The second-order valence-corrected chi connectivity index (χ2v) is 7.66. The van der Waals surface area contributed by atoms with Crippen LogP contribution in [0, 0.1) is 0 Å². The molecule has 1 atom stereocenters. The van der Waals surface area contributed by atoms with Crippen molar-refractivity contribution in [3.05, 3.63) is 36.3 Å². The minimum absolute atomic E-state index is 0.0598. The SMILES string of the molecule is CS(=O)(=O)C(CCn1cc(-c2ccc(C(F)(F)F)cn2)cn1)C(N)=O. The fourth-order valence-electron chi connectivity index (χ4n) is 2.17. The summed E-state index contributed by atoms with van der Waals surface area (Å²) in [7, 11) is -3.63. The molecular formula is C14H15F3N4O3S. The van der Waals surface area contributed by atoms with Crippen molar-refractivity contribution >= 4 is 15.7 Å². The van der Waals surface area contributed by atoms with E-state index in [4.69, 9.17) is 5.73 Å². The van der Waals surface area contributed by atoms with Crippen LogP contribution in [0.5, 0.6) is 0 Å². The molecule has 2 aromatic rings. The molecule has 2 aromatic heterocycles. The highest BCUT2D eigenvalue weighted by molar-refractivity contribution is 7.92. The Bertz CT molecular complexity index is 860. The Morgan fingerprint density at radius 1 is 1.32 bits per heavy atom. The molecule has 0 aliphatic carbocycles. The average Bonchev–Trinajstić information content (AvgIpc) is 2.93. The van der Waals surface area contributed by atoms with Crippen molar-refractivity contribution < 1.29 is 26.4 Å². The van der Waals surface area contributed by atoms with E-state index < -0.39 is 32.7 Å². The van der Waals surface area contributed by atoms with Crippen LogP contribution in [0.1, 0.15) is 12.0 Å². The highest BCUT2D eigenvalue weighted by Gasteiger charge is 2.30. The van der Waals surface area contributed by atoms with Crippen molar-refractivity contribution in [2.75, 3.05) is 6.26 Å². The number of carbonyl (C=O) groups excluding carboxylic acids is 1. The maximum atomic E-state index is 12.5. The van der Waals surface area contributed by atoms with Crippen LogP contribution in [-0.4, -0.2) is 40.6 Å². The largest absolute Gasteiger partial charge is 0.417 e.